The number of benzene rings is 4. The first-order valence-electron chi connectivity index (χ1n) is 15.2. The van der Waals surface area contributed by atoms with Crippen LogP contribution in [-0.4, -0.2) is 0 Å². The van der Waals surface area contributed by atoms with Gasteiger partial charge in [-0.2, -0.15) is 0 Å². The van der Waals surface area contributed by atoms with Crippen molar-refractivity contribution in [1.82, 2.24) is 0 Å². The van der Waals surface area contributed by atoms with E-state index in [1.165, 1.54) is 39.0 Å². The largest absolute Gasteiger partial charge is 0.322 e. The molecule has 0 amide bonds. The third-order valence-corrected chi connectivity index (χ3v) is 7.96. The predicted molar refractivity (Wildman–Crippen MR) is 188 cm³/mol. The van der Waals surface area contributed by atoms with Crippen LogP contribution in [0, 0.1) is 13.8 Å². The second kappa shape index (κ2) is 15.6. The number of hydrogen-bond donors (Lipinski definition) is 0. The van der Waals surface area contributed by atoms with Gasteiger partial charge in [-0.05, 0) is 86.9 Å². The molecule has 0 aliphatic rings. The molecule has 43 heavy (non-hydrogen) atoms. The third-order valence-electron chi connectivity index (χ3n) is 7.96. The topological polar surface area (TPSA) is 3.24 Å². The summed E-state index contributed by atoms with van der Waals surface area (Å²) in [5.74, 6) is 0.221. The van der Waals surface area contributed by atoms with E-state index in [-0.39, 0.29) is 5.92 Å². The van der Waals surface area contributed by atoms with Crippen molar-refractivity contribution in [1.29, 1.82) is 0 Å². The summed E-state index contributed by atoms with van der Waals surface area (Å²) < 4.78 is 0. The quantitative estimate of drug-likeness (QED) is 0.0838. The summed E-state index contributed by atoms with van der Waals surface area (Å²) >= 11 is 0. The molecule has 0 aliphatic carbocycles. The van der Waals surface area contributed by atoms with Crippen molar-refractivity contribution >= 4 is 5.69 Å². The number of rotatable bonds is 14. The molecule has 0 bridgehead atoms. The Morgan fingerprint density at radius 3 is 1.86 bits per heavy atom. The average molecular weight is 564 g/mol. The summed E-state index contributed by atoms with van der Waals surface area (Å²) in [7, 11) is 0. The van der Waals surface area contributed by atoms with Gasteiger partial charge in [-0.25, -0.2) is 0 Å². The molecule has 4 rings (SSSR count). The number of anilines is 1. The van der Waals surface area contributed by atoms with Crippen LogP contribution in [-0.2, 0) is 6.42 Å². The summed E-state index contributed by atoms with van der Waals surface area (Å²) in [6.45, 7) is 19.0. The van der Waals surface area contributed by atoms with Crippen LogP contribution in [0.2, 0.25) is 0 Å². The summed E-state index contributed by atoms with van der Waals surface area (Å²) in [5, 5.41) is 0. The fourth-order valence-electron chi connectivity index (χ4n) is 5.17. The normalized spacial score (nSPS) is 12.2. The van der Waals surface area contributed by atoms with Crippen LogP contribution >= 0.6 is 0 Å². The first kappa shape index (κ1) is 31.3. The van der Waals surface area contributed by atoms with E-state index in [0.29, 0.717) is 0 Å². The minimum atomic E-state index is 0.221. The lowest BCUT2D eigenvalue weighted by atomic mass is 9.84. The molecule has 1 atom stereocenters. The van der Waals surface area contributed by atoms with Crippen molar-refractivity contribution in [3.05, 3.63) is 198 Å². The molecule has 1 nitrogen and oxygen atoms in total. The highest BCUT2D eigenvalue weighted by molar-refractivity contribution is 5.56. The molecule has 4 aromatic carbocycles. The zero-order valence-electron chi connectivity index (χ0n) is 26.1. The lowest BCUT2D eigenvalue weighted by Crippen LogP contribution is -2.14. The zero-order valence-corrected chi connectivity index (χ0v) is 26.1. The van der Waals surface area contributed by atoms with Gasteiger partial charge in [0, 0.05) is 23.5 Å². The third kappa shape index (κ3) is 9.18. The van der Waals surface area contributed by atoms with Crippen LogP contribution in [0.15, 0.2) is 164 Å². The molecule has 0 fully saturated rings. The van der Waals surface area contributed by atoms with E-state index in [2.05, 4.69) is 160 Å². The Kier molecular flexibility index (Phi) is 11.3. The Balaban J connectivity index is 1.37. The SMILES string of the molecule is C=C/C(C)=C\C=C\N(C(=C)CCC(=C)CCc1ccc(C(c2ccccc2)c2ccc(C)cc2)cc1)c1ccc(C)cc1. The predicted octanol–water partition coefficient (Wildman–Crippen LogP) is 11.4. The smallest absolute Gasteiger partial charge is 0.0452 e. The maximum Gasteiger partial charge on any atom is 0.0452 e. The van der Waals surface area contributed by atoms with Crippen molar-refractivity contribution < 1.29 is 0 Å². The minimum absolute atomic E-state index is 0.221. The Morgan fingerprint density at radius 1 is 0.698 bits per heavy atom. The lowest BCUT2D eigenvalue weighted by Gasteiger charge is -2.23. The molecule has 0 aliphatic heterocycles. The van der Waals surface area contributed by atoms with Gasteiger partial charge < -0.3 is 4.90 Å². The molecule has 0 radical (unpaired) electrons. The Hall–Kier alpha value is -4.62. The van der Waals surface area contributed by atoms with Gasteiger partial charge in [-0.1, -0.05) is 145 Å². The van der Waals surface area contributed by atoms with E-state index in [0.717, 1.165) is 42.6 Å². The van der Waals surface area contributed by atoms with Crippen LogP contribution < -0.4 is 4.90 Å². The van der Waals surface area contributed by atoms with Gasteiger partial charge in [-0.15, -0.1) is 0 Å². The van der Waals surface area contributed by atoms with Gasteiger partial charge in [0.05, 0.1) is 0 Å². The van der Waals surface area contributed by atoms with E-state index < -0.39 is 0 Å². The first-order valence-corrected chi connectivity index (χ1v) is 15.2. The molecule has 0 saturated carbocycles. The summed E-state index contributed by atoms with van der Waals surface area (Å²) in [4.78, 5) is 2.18. The number of allylic oxidation sites excluding steroid dienone is 6. The standard InChI is InChI=1S/C42H45N/c1-7-32(2)12-11-31-43(41-29-19-35(5)20-30-41)36(6)21-15-33(3)16-22-37-23-27-40(28-24-37)42(38-13-9-8-10-14-38)39-25-17-34(4)18-26-39/h7-14,17-20,23-31,42H,1,3,6,15-16,21-22H2,2,4-5H3/b31-11+,32-12-. The van der Waals surface area contributed by atoms with Crippen molar-refractivity contribution in [3.63, 3.8) is 0 Å². The highest BCUT2D eigenvalue weighted by Crippen LogP contribution is 2.32. The molecule has 0 aromatic heterocycles. The molecular formula is C42H45N. The van der Waals surface area contributed by atoms with E-state index in [4.69, 9.17) is 0 Å². The molecule has 0 saturated heterocycles. The summed E-state index contributed by atoms with van der Waals surface area (Å²) in [6.07, 6.45) is 11.8. The minimum Gasteiger partial charge on any atom is -0.322 e. The van der Waals surface area contributed by atoms with E-state index in [1.54, 1.807) is 0 Å². The van der Waals surface area contributed by atoms with Gasteiger partial charge in [0.1, 0.15) is 0 Å². The van der Waals surface area contributed by atoms with E-state index >= 15 is 0 Å². The molecular weight excluding hydrogens is 518 g/mol. The highest BCUT2D eigenvalue weighted by Gasteiger charge is 2.16. The molecule has 218 valence electrons. The second-order valence-electron chi connectivity index (χ2n) is 11.5. The lowest BCUT2D eigenvalue weighted by molar-refractivity contribution is 0.822. The van der Waals surface area contributed by atoms with Crippen LogP contribution in [0.1, 0.15) is 65.5 Å². The molecule has 0 spiro atoms. The second-order valence-corrected chi connectivity index (χ2v) is 11.5. The van der Waals surface area contributed by atoms with Crippen molar-refractivity contribution in [2.24, 2.45) is 0 Å². The summed E-state index contributed by atoms with van der Waals surface area (Å²) in [5.41, 5.74) is 12.4. The van der Waals surface area contributed by atoms with Gasteiger partial charge in [-0.3, -0.25) is 0 Å². The Bertz CT molecular complexity index is 1550. The molecule has 4 aromatic rings. The molecule has 0 N–H and O–H groups in total. The molecule has 1 heteroatoms. The van der Waals surface area contributed by atoms with Crippen LogP contribution in [0.25, 0.3) is 0 Å². The van der Waals surface area contributed by atoms with Crippen LogP contribution in [0.4, 0.5) is 5.69 Å². The maximum atomic E-state index is 4.44. The molecule has 0 heterocycles. The first-order chi connectivity index (χ1) is 20.8. The Labute approximate surface area is 259 Å². The van der Waals surface area contributed by atoms with E-state index in [1.807, 2.05) is 13.0 Å². The maximum absolute atomic E-state index is 4.44. The van der Waals surface area contributed by atoms with Gasteiger partial charge in [0.2, 0.25) is 0 Å². The monoisotopic (exact) mass is 563 g/mol. The highest BCUT2D eigenvalue weighted by atomic mass is 15.1. The van der Waals surface area contributed by atoms with E-state index in [9.17, 15) is 0 Å². The van der Waals surface area contributed by atoms with Crippen LogP contribution in [0.5, 0.6) is 0 Å². The van der Waals surface area contributed by atoms with Gasteiger partial charge >= 0.3 is 0 Å². The summed E-state index contributed by atoms with van der Waals surface area (Å²) in [6, 6.07) is 37.5. The molecule has 1 unspecified atom stereocenters. The number of aryl methyl sites for hydroxylation is 3. The van der Waals surface area contributed by atoms with Crippen LogP contribution in [0.3, 0.4) is 0 Å². The average Bonchev–Trinajstić information content (AvgIpc) is 3.03. The van der Waals surface area contributed by atoms with Gasteiger partial charge in [0.25, 0.3) is 0 Å². The van der Waals surface area contributed by atoms with Crippen molar-refractivity contribution in [2.75, 3.05) is 4.90 Å². The fourth-order valence-corrected chi connectivity index (χ4v) is 5.17. The number of hydrogen-bond acceptors (Lipinski definition) is 1. The van der Waals surface area contributed by atoms with Crippen molar-refractivity contribution in [3.8, 4) is 0 Å². The van der Waals surface area contributed by atoms with Crippen molar-refractivity contribution in [2.45, 2.75) is 52.4 Å². The zero-order chi connectivity index (χ0) is 30.6. The Morgan fingerprint density at radius 2 is 1.26 bits per heavy atom. The fraction of sp³-hybridized carbons (Fsp3) is 0.190. The number of nitrogens with zero attached hydrogens (tertiary/aromatic N) is 1. The van der Waals surface area contributed by atoms with Gasteiger partial charge in [0.15, 0.2) is 0 Å².